The van der Waals surface area contributed by atoms with Crippen molar-refractivity contribution >= 4 is 12.0 Å². The molecular formula is C29H54N2O11. The molecule has 2 fully saturated rings. The first-order chi connectivity index (χ1) is 19.7. The van der Waals surface area contributed by atoms with Crippen LogP contribution in [0.2, 0.25) is 0 Å². The number of nitrogens with one attached hydrogen (secondary N) is 1. The highest BCUT2D eigenvalue weighted by Crippen LogP contribution is 2.42. The molecule has 0 aliphatic carbocycles. The van der Waals surface area contributed by atoms with Crippen LogP contribution >= 0.6 is 0 Å². The van der Waals surface area contributed by atoms with Crippen LogP contribution in [0.1, 0.15) is 92.9 Å². The molecule has 13 nitrogen and oxygen atoms in total. The highest BCUT2D eigenvalue weighted by molar-refractivity contribution is 5.73. The van der Waals surface area contributed by atoms with E-state index in [0.717, 1.165) is 25.7 Å². The van der Waals surface area contributed by atoms with Gasteiger partial charge in [-0.05, 0) is 38.0 Å². The van der Waals surface area contributed by atoms with Crippen molar-refractivity contribution in [3.05, 3.63) is 0 Å². The highest BCUT2D eigenvalue weighted by atomic mass is 16.7. The molecule has 2 rings (SSSR count). The number of hydrogen-bond acceptors (Lipinski definition) is 10. The normalized spacial score (nSPS) is 35.4. The fourth-order valence-corrected chi connectivity index (χ4v) is 6.37. The van der Waals surface area contributed by atoms with Gasteiger partial charge in [-0.15, -0.1) is 0 Å². The number of carbonyl (C=O) groups excluding carboxylic acids is 1. The molecule has 2 amide bonds. The van der Waals surface area contributed by atoms with Gasteiger partial charge in [0.15, 0.2) is 12.4 Å². The topological polar surface area (TPSA) is 210 Å². The number of aliphatic hydroxyl groups is 4. The summed E-state index contributed by atoms with van der Waals surface area (Å²) in [5.74, 6) is -1.43. The van der Waals surface area contributed by atoms with Crippen LogP contribution in [0.4, 0.5) is 4.79 Å². The average Bonchev–Trinajstić information content (AvgIpc) is 2.93. The van der Waals surface area contributed by atoms with Crippen molar-refractivity contribution in [1.29, 1.82) is 0 Å². The summed E-state index contributed by atoms with van der Waals surface area (Å²) in [5.41, 5.74) is 4.20. The van der Waals surface area contributed by atoms with E-state index in [1.165, 1.54) is 0 Å². The minimum atomic E-state index is -1.77. The maximum absolute atomic E-state index is 12.3. The number of urea groups is 1. The van der Waals surface area contributed by atoms with E-state index in [1.54, 1.807) is 0 Å². The zero-order valence-electron chi connectivity index (χ0n) is 25.9. The van der Waals surface area contributed by atoms with Gasteiger partial charge in [-0.2, -0.15) is 0 Å². The number of rotatable bonds is 16. The fraction of sp³-hybridized carbons (Fsp3) is 0.931. The second kappa shape index (κ2) is 15.9. The zero-order chi connectivity index (χ0) is 31.8. The summed E-state index contributed by atoms with van der Waals surface area (Å²) in [5, 5.41) is 56.1. The lowest BCUT2D eigenvalue weighted by Gasteiger charge is -2.52. The number of primary amides is 1. The summed E-state index contributed by atoms with van der Waals surface area (Å²) in [6.07, 6.45) is -7.36. The smallest absolute Gasteiger partial charge is 0.335 e. The van der Waals surface area contributed by atoms with Crippen molar-refractivity contribution in [2.45, 2.75) is 160 Å². The number of unbranched alkanes of at least 4 members (excludes halogenated alkanes) is 1. The number of hydrogen-bond donors (Lipinski definition) is 7. The Balaban J connectivity index is 2.46. The van der Waals surface area contributed by atoms with E-state index in [4.69, 9.17) is 24.7 Å². The van der Waals surface area contributed by atoms with Crippen LogP contribution in [-0.4, -0.2) is 111 Å². The first-order valence-electron chi connectivity index (χ1n) is 15.3. The predicted octanol–water partition coefficient (Wildman–Crippen LogP) is 1.41. The van der Waals surface area contributed by atoms with Crippen LogP contribution in [0.3, 0.4) is 0 Å². The van der Waals surface area contributed by atoms with E-state index in [0.29, 0.717) is 25.7 Å². The van der Waals surface area contributed by atoms with Gasteiger partial charge in [0.1, 0.15) is 36.6 Å². The minimum Gasteiger partial charge on any atom is -0.479 e. The Kier molecular flexibility index (Phi) is 13.9. The molecule has 2 heterocycles. The lowest BCUT2D eigenvalue weighted by Crippen LogP contribution is -2.70. The molecule has 11 atom stereocenters. The van der Waals surface area contributed by atoms with Gasteiger partial charge in [-0.25, -0.2) is 9.59 Å². The van der Waals surface area contributed by atoms with Crippen LogP contribution < -0.4 is 11.1 Å². The second-order valence-electron chi connectivity index (χ2n) is 12.3. The van der Waals surface area contributed by atoms with Crippen LogP contribution in [-0.2, 0) is 23.7 Å². The average molecular weight is 607 g/mol. The number of carboxylic acids is 1. The standard InChI is InChI=1S/C29H54N2O11/c1-7-11-14-29(6,10-4)42-22-19(34)20(35)26(41-23(22)25(36)37)40-21-17(31-27(30)38)24(39-16(15-32)18(21)33)28(5,12-8-2)13-9-3/h16-24,26,32-35H,7-15H2,1-6H3,(H,36,37)(H3,30,31,38)/t16?,17-,18+,19?,20?,21?,22-,23?,24?,26+,29+/m0/s1. The van der Waals surface area contributed by atoms with Gasteiger partial charge in [-0.3, -0.25) is 0 Å². The maximum Gasteiger partial charge on any atom is 0.335 e. The van der Waals surface area contributed by atoms with Gasteiger partial charge in [0.2, 0.25) is 0 Å². The summed E-state index contributed by atoms with van der Waals surface area (Å²) in [7, 11) is 0. The van der Waals surface area contributed by atoms with E-state index in [-0.39, 0.29) is 0 Å². The van der Waals surface area contributed by atoms with Crippen molar-refractivity contribution in [2.75, 3.05) is 6.61 Å². The number of carbonyl (C=O) groups is 2. The third-order valence-electron chi connectivity index (χ3n) is 8.84. The Bertz CT molecular complexity index is 857. The molecule has 0 spiro atoms. The molecule has 8 N–H and O–H groups in total. The lowest BCUT2D eigenvalue weighted by atomic mass is 9.70. The van der Waals surface area contributed by atoms with Gasteiger partial charge in [-0.1, -0.05) is 60.3 Å². The predicted molar refractivity (Wildman–Crippen MR) is 152 cm³/mol. The SMILES string of the molecule is CCCC[C@@](C)(CC)O[C@@H]1C(C(=O)O)O[C@@H](OC2[C@H](O)C(CO)OC(C(C)(CCC)CCC)[C@H]2NC(N)=O)C(O)C1O. The molecule has 0 radical (unpaired) electrons. The second-order valence-corrected chi connectivity index (χ2v) is 12.3. The molecule has 0 aromatic rings. The van der Waals surface area contributed by atoms with Crippen molar-refractivity contribution in [3.63, 3.8) is 0 Å². The molecule has 0 saturated carbocycles. The Hall–Kier alpha value is -1.58. The van der Waals surface area contributed by atoms with Gasteiger partial charge in [0.25, 0.3) is 0 Å². The lowest BCUT2D eigenvalue weighted by molar-refractivity contribution is -0.340. The molecule has 246 valence electrons. The Morgan fingerprint density at radius 3 is 2.00 bits per heavy atom. The van der Waals surface area contributed by atoms with Gasteiger partial charge < -0.3 is 55.5 Å². The van der Waals surface area contributed by atoms with Gasteiger partial charge >= 0.3 is 12.0 Å². The summed E-state index contributed by atoms with van der Waals surface area (Å²) in [6, 6.07) is -1.98. The number of ether oxygens (including phenoxy) is 4. The number of carboxylic acid groups (broad SMARTS) is 1. The minimum absolute atomic E-state index is 0.533. The van der Waals surface area contributed by atoms with E-state index in [9.17, 15) is 35.1 Å². The van der Waals surface area contributed by atoms with Crippen LogP contribution in [0.25, 0.3) is 0 Å². The molecule has 2 aliphatic heterocycles. The molecule has 0 bridgehead atoms. The molecule has 13 heteroatoms. The summed E-state index contributed by atoms with van der Waals surface area (Å²) >= 11 is 0. The first-order valence-corrected chi connectivity index (χ1v) is 15.3. The third kappa shape index (κ3) is 8.53. The summed E-state index contributed by atoms with van der Waals surface area (Å²) < 4.78 is 24.0. The van der Waals surface area contributed by atoms with Crippen LogP contribution in [0.5, 0.6) is 0 Å². The van der Waals surface area contributed by atoms with Gasteiger partial charge in [0.05, 0.1) is 24.4 Å². The summed E-state index contributed by atoms with van der Waals surface area (Å²) in [4.78, 5) is 24.5. The van der Waals surface area contributed by atoms with Gasteiger partial charge in [0, 0.05) is 0 Å². The Labute approximate surface area is 249 Å². The number of aliphatic hydroxyl groups excluding tert-OH is 4. The van der Waals surface area contributed by atoms with Crippen molar-refractivity contribution in [3.8, 4) is 0 Å². The first kappa shape index (κ1) is 36.6. The number of aliphatic carboxylic acids is 1. The molecule has 2 aliphatic rings. The largest absolute Gasteiger partial charge is 0.479 e. The molecule has 0 aromatic heterocycles. The molecule has 42 heavy (non-hydrogen) atoms. The van der Waals surface area contributed by atoms with E-state index in [2.05, 4.69) is 5.32 Å². The quantitative estimate of drug-likeness (QED) is 0.133. The summed E-state index contributed by atoms with van der Waals surface area (Å²) in [6.45, 7) is 11.1. The maximum atomic E-state index is 12.3. The van der Waals surface area contributed by atoms with E-state index < -0.39 is 90.8 Å². The molecule has 0 aromatic carbocycles. The van der Waals surface area contributed by atoms with Crippen molar-refractivity contribution in [1.82, 2.24) is 5.32 Å². The molecule has 6 unspecified atom stereocenters. The van der Waals surface area contributed by atoms with E-state index in [1.807, 2.05) is 41.5 Å². The highest BCUT2D eigenvalue weighted by Gasteiger charge is 2.56. The molecular weight excluding hydrogens is 552 g/mol. The third-order valence-corrected chi connectivity index (χ3v) is 8.84. The fourth-order valence-electron chi connectivity index (χ4n) is 6.37. The van der Waals surface area contributed by atoms with Crippen molar-refractivity contribution < 1.29 is 54.1 Å². The van der Waals surface area contributed by atoms with Crippen molar-refractivity contribution in [2.24, 2.45) is 11.1 Å². The zero-order valence-corrected chi connectivity index (χ0v) is 25.9. The van der Waals surface area contributed by atoms with Crippen LogP contribution in [0.15, 0.2) is 0 Å². The number of nitrogens with two attached hydrogens (primary N) is 1. The number of amides is 2. The Morgan fingerprint density at radius 1 is 0.905 bits per heavy atom. The molecule has 2 saturated heterocycles. The Morgan fingerprint density at radius 2 is 1.52 bits per heavy atom. The monoisotopic (exact) mass is 606 g/mol. The van der Waals surface area contributed by atoms with Crippen LogP contribution in [0, 0.1) is 5.41 Å². The van der Waals surface area contributed by atoms with E-state index >= 15 is 0 Å².